The number of nitrogens with zero attached hydrogens (tertiary/aromatic N) is 5. The third kappa shape index (κ3) is 3.00. The third-order valence-corrected chi connectivity index (χ3v) is 6.08. The molecule has 0 aromatic carbocycles. The largest absolute Gasteiger partial charge is 0.493 e. The van der Waals surface area contributed by atoms with Gasteiger partial charge < -0.3 is 5.11 Å². The van der Waals surface area contributed by atoms with Crippen molar-refractivity contribution in [2.24, 2.45) is 4.99 Å². The summed E-state index contributed by atoms with van der Waals surface area (Å²) in [5, 5.41) is 24.0. The molecule has 0 unspecified atom stereocenters. The number of thiophene rings is 1. The van der Waals surface area contributed by atoms with Gasteiger partial charge in [0.15, 0.2) is 11.1 Å². The number of H-pyrrole nitrogens is 1. The van der Waals surface area contributed by atoms with Crippen molar-refractivity contribution in [1.82, 2.24) is 19.6 Å². The number of hydrogen-bond acceptors (Lipinski definition) is 8. The average Bonchev–Trinajstić information content (AvgIpc) is 3.08. The molecule has 4 aromatic rings. The molecule has 0 aliphatic heterocycles. The Labute approximate surface area is 165 Å². The molecule has 0 spiro atoms. The Kier molecular flexibility index (Phi) is 3.85. The van der Waals surface area contributed by atoms with Gasteiger partial charge in [-0.3, -0.25) is 14.8 Å². The lowest BCUT2D eigenvalue weighted by Gasteiger charge is -2.00. The molecule has 138 valence electrons. The van der Waals surface area contributed by atoms with Crippen molar-refractivity contribution >= 4 is 34.4 Å². The van der Waals surface area contributed by atoms with Crippen LogP contribution >= 0.6 is 22.7 Å². The maximum atomic E-state index is 11.5. The van der Waals surface area contributed by atoms with E-state index in [-0.39, 0.29) is 10.8 Å². The second-order valence-corrected chi connectivity index (χ2v) is 8.44. The van der Waals surface area contributed by atoms with Crippen molar-refractivity contribution in [3.05, 3.63) is 54.5 Å². The van der Waals surface area contributed by atoms with E-state index in [4.69, 9.17) is 15.2 Å². The van der Waals surface area contributed by atoms with Gasteiger partial charge in [-0.25, -0.2) is 4.98 Å². The summed E-state index contributed by atoms with van der Waals surface area (Å²) in [6.45, 7) is 0. The molecule has 1 fully saturated rings. The molecule has 0 bridgehead atoms. The fourth-order valence-electron chi connectivity index (χ4n) is 2.78. The van der Waals surface area contributed by atoms with Crippen LogP contribution in [0.4, 0.5) is 0 Å². The Morgan fingerprint density at radius 2 is 2.25 bits per heavy atom. The minimum atomic E-state index is -0.332. The molecular weight excluding hydrogens is 396 g/mol. The number of aromatic amines is 1. The first-order valence-corrected chi connectivity index (χ1v) is 10.1. The van der Waals surface area contributed by atoms with Crippen LogP contribution in [0.5, 0.6) is 5.88 Å². The molecule has 5 rings (SSSR count). The Morgan fingerprint density at radius 3 is 2.93 bits per heavy atom. The lowest BCUT2D eigenvalue weighted by Crippen LogP contribution is -2.19. The van der Waals surface area contributed by atoms with Gasteiger partial charge in [0.05, 0.1) is 27.7 Å². The first kappa shape index (κ1) is 16.9. The molecule has 8 nitrogen and oxygen atoms in total. The van der Waals surface area contributed by atoms with E-state index in [1.165, 1.54) is 11.3 Å². The topological polar surface area (TPSA) is 119 Å². The van der Waals surface area contributed by atoms with Crippen molar-refractivity contribution in [1.29, 1.82) is 5.26 Å². The fraction of sp³-hybridized carbons (Fsp3) is 0.167. The number of aromatic hydroxyl groups is 1. The summed E-state index contributed by atoms with van der Waals surface area (Å²) in [6, 6.07) is 7.95. The highest BCUT2D eigenvalue weighted by molar-refractivity contribution is 7.16. The predicted molar refractivity (Wildman–Crippen MR) is 105 cm³/mol. The molecule has 0 saturated heterocycles. The van der Waals surface area contributed by atoms with E-state index in [2.05, 4.69) is 16.2 Å². The van der Waals surface area contributed by atoms with Crippen molar-refractivity contribution in [3.8, 4) is 22.5 Å². The van der Waals surface area contributed by atoms with Crippen LogP contribution in [-0.4, -0.2) is 30.7 Å². The highest BCUT2D eigenvalue weighted by Crippen LogP contribution is 2.26. The molecule has 2 N–H and O–H groups in total. The summed E-state index contributed by atoms with van der Waals surface area (Å²) in [7, 11) is 0. The van der Waals surface area contributed by atoms with Crippen LogP contribution in [0, 0.1) is 11.3 Å². The maximum absolute atomic E-state index is 11.5. The van der Waals surface area contributed by atoms with Crippen molar-refractivity contribution in [2.45, 2.75) is 18.9 Å². The zero-order chi connectivity index (χ0) is 19.3. The zero-order valence-corrected chi connectivity index (χ0v) is 15.9. The van der Waals surface area contributed by atoms with Crippen LogP contribution < -0.4 is 15.6 Å². The molecule has 0 radical (unpaired) electrons. The van der Waals surface area contributed by atoms with E-state index >= 15 is 0 Å². The number of fused-ring (bicyclic) bond motifs is 1. The van der Waals surface area contributed by atoms with Gasteiger partial charge in [-0.2, -0.15) is 14.9 Å². The molecule has 0 atom stereocenters. The van der Waals surface area contributed by atoms with Crippen molar-refractivity contribution in [2.75, 3.05) is 0 Å². The van der Waals surface area contributed by atoms with Gasteiger partial charge in [0.1, 0.15) is 10.9 Å². The Hall–Kier alpha value is -3.29. The predicted octanol–water partition coefficient (Wildman–Crippen LogP) is 1.40. The zero-order valence-electron chi connectivity index (χ0n) is 14.3. The molecular formula is C18H12N6O2S2. The number of aromatic nitrogens is 4. The third-order valence-electron chi connectivity index (χ3n) is 4.25. The van der Waals surface area contributed by atoms with E-state index < -0.39 is 0 Å². The first-order chi connectivity index (χ1) is 13.6. The lowest BCUT2D eigenvalue weighted by molar-refractivity contribution is 0.455. The Bertz CT molecular complexity index is 1430. The van der Waals surface area contributed by atoms with Gasteiger partial charge in [0.2, 0.25) is 5.88 Å². The standard InChI is InChI=1S/C18H12N6O2S2/c19-7-11-3-4-13(27-11)12-6-15(21-10-1-2-10)24-16(22-12)9(8-20-24)5-14-17(25)23-18(26)28-14/h3-6,8,10,25H,1-2H2,(H,23,26). The molecule has 1 aliphatic rings. The lowest BCUT2D eigenvalue weighted by atomic mass is 10.3. The summed E-state index contributed by atoms with van der Waals surface area (Å²) in [5.41, 5.74) is 1.98. The molecule has 10 heteroatoms. The van der Waals surface area contributed by atoms with Crippen LogP contribution in [-0.2, 0) is 0 Å². The summed E-state index contributed by atoms with van der Waals surface area (Å²) in [5.74, 6) is -0.176. The first-order valence-electron chi connectivity index (χ1n) is 8.47. The van der Waals surface area contributed by atoms with Crippen molar-refractivity contribution < 1.29 is 5.11 Å². The van der Waals surface area contributed by atoms with E-state index in [9.17, 15) is 9.90 Å². The van der Waals surface area contributed by atoms with Gasteiger partial charge in [-0.1, -0.05) is 11.3 Å². The molecule has 4 aromatic heterocycles. The van der Waals surface area contributed by atoms with Crippen LogP contribution in [0.25, 0.3) is 22.3 Å². The summed E-state index contributed by atoms with van der Waals surface area (Å²) in [6.07, 6.45) is 5.42. The van der Waals surface area contributed by atoms with Crippen LogP contribution in [0.2, 0.25) is 0 Å². The van der Waals surface area contributed by atoms with Crippen LogP contribution in [0.15, 0.2) is 34.2 Å². The summed E-state index contributed by atoms with van der Waals surface area (Å²) >= 11 is 2.28. The number of thiazole rings is 1. The Balaban J connectivity index is 1.78. The monoisotopic (exact) mass is 408 g/mol. The minimum Gasteiger partial charge on any atom is -0.493 e. The molecule has 1 aliphatic carbocycles. The molecule has 28 heavy (non-hydrogen) atoms. The van der Waals surface area contributed by atoms with E-state index in [0.29, 0.717) is 37.8 Å². The number of nitrogens with one attached hydrogen (secondary N) is 1. The summed E-state index contributed by atoms with van der Waals surface area (Å²) in [4.78, 5) is 24.8. The van der Waals surface area contributed by atoms with Gasteiger partial charge in [-0.15, -0.1) is 11.3 Å². The van der Waals surface area contributed by atoms with Gasteiger partial charge in [0, 0.05) is 11.3 Å². The van der Waals surface area contributed by atoms with E-state index in [0.717, 1.165) is 29.1 Å². The van der Waals surface area contributed by atoms with E-state index in [1.807, 2.05) is 12.1 Å². The normalized spacial score (nSPS) is 15.4. The highest BCUT2D eigenvalue weighted by Gasteiger charge is 2.20. The Morgan fingerprint density at radius 1 is 1.39 bits per heavy atom. The number of hydrogen-bond donors (Lipinski definition) is 2. The second-order valence-electron chi connectivity index (χ2n) is 6.34. The quantitative estimate of drug-likeness (QED) is 0.531. The maximum Gasteiger partial charge on any atom is 0.307 e. The number of nitriles is 1. The smallest absolute Gasteiger partial charge is 0.307 e. The fourth-order valence-corrected chi connectivity index (χ4v) is 4.23. The molecule has 4 heterocycles. The van der Waals surface area contributed by atoms with Gasteiger partial charge in [-0.05, 0) is 31.1 Å². The second kappa shape index (κ2) is 6.40. The van der Waals surface area contributed by atoms with Crippen LogP contribution in [0.1, 0.15) is 22.6 Å². The molecule has 1 saturated carbocycles. The van der Waals surface area contributed by atoms with E-state index in [1.54, 1.807) is 22.9 Å². The average molecular weight is 408 g/mol. The van der Waals surface area contributed by atoms with Gasteiger partial charge >= 0.3 is 4.87 Å². The van der Waals surface area contributed by atoms with Crippen LogP contribution in [0.3, 0.4) is 0 Å². The van der Waals surface area contributed by atoms with Gasteiger partial charge in [0.25, 0.3) is 0 Å². The molecule has 0 amide bonds. The SMILES string of the molecule is N#Cc1ccc(-c2cc(=NC3CC3)n3ncc(=Cc4sc(=O)[nH]c4O)c3n2)s1. The highest BCUT2D eigenvalue weighted by atomic mass is 32.1. The summed E-state index contributed by atoms with van der Waals surface area (Å²) < 4.78 is 1.67. The van der Waals surface area contributed by atoms with Crippen molar-refractivity contribution in [3.63, 3.8) is 0 Å². The minimum absolute atomic E-state index is 0.176. The number of rotatable bonds is 3.